The quantitative estimate of drug-likeness (QED) is 0.271. The number of ether oxygens (including phenoxy) is 1. The lowest BCUT2D eigenvalue weighted by Crippen LogP contribution is -2.57. The number of rotatable bonds is 11. The molecule has 3 saturated heterocycles. The van der Waals surface area contributed by atoms with Crippen LogP contribution in [0.3, 0.4) is 0 Å². The van der Waals surface area contributed by atoms with Crippen LogP contribution in [0.5, 0.6) is 0 Å². The van der Waals surface area contributed by atoms with Crippen molar-refractivity contribution in [2.75, 3.05) is 26.3 Å². The van der Waals surface area contributed by atoms with Gasteiger partial charge < -0.3 is 19.6 Å². The van der Waals surface area contributed by atoms with Crippen LogP contribution in [0.1, 0.15) is 71.1 Å². The number of fused-ring (bicyclic) bond motifs is 1. The number of nitrogens with zero attached hydrogens (tertiary/aromatic N) is 2. The van der Waals surface area contributed by atoms with E-state index in [2.05, 4.69) is 6.58 Å². The van der Waals surface area contributed by atoms with Crippen LogP contribution in [-0.2, 0) is 19.1 Å². The molecule has 1 saturated carbocycles. The zero-order valence-corrected chi connectivity index (χ0v) is 21.3. The largest absolute Gasteiger partial charge is 0.466 e. The number of aliphatic hydroxyl groups is 1. The molecule has 5 atom stereocenters. The van der Waals surface area contributed by atoms with Crippen molar-refractivity contribution in [1.29, 1.82) is 0 Å². The van der Waals surface area contributed by atoms with E-state index in [4.69, 9.17) is 4.74 Å². The fourth-order valence-corrected chi connectivity index (χ4v) is 9.06. The van der Waals surface area contributed by atoms with Crippen molar-refractivity contribution in [1.82, 2.24) is 9.80 Å². The van der Waals surface area contributed by atoms with Gasteiger partial charge >= 0.3 is 5.97 Å². The Morgan fingerprint density at radius 3 is 2.68 bits per heavy atom. The summed E-state index contributed by atoms with van der Waals surface area (Å²) < 4.78 is 4.84. The third-order valence-corrected chi connectivity index (χ3v) is 10.2. The van der Waals surface area contributed by atoms with E-state index in [0.29, 0.717) is 26.1 Å². The van der Waals surface area contributed by atoms with Gasteiger partial charge in [-0.15, -0.1) is 18.3 Å². The molecule has 34 heavy (non-hydrogen) atoms. The third-order valence-electron chi connectivity index (χ3n) is 8.27. The fraction of sp³-hybridized carbons (Fsp3) is 0.808. The Bertz CT molecular complexity index is 785. The number of carbonyl (C=O) groups excluding carboxylic acids is 3. The minimum absolute atomic E-state index is 0.0301. The van der Waals surface area contributed by atoms with Gasteiger partial charge in [0.15, 0.2) is 0 Å². The highest BCUT2D eigenvalue weighted by molar-refractivity contribution is 8.02. The summed E-state index contributed by atoms with van der Waals surface area (Å²) in [5.41, 5.74) is 0. The van der Waals surface area contributed by atoms with Crippen LogP contribution in [0.4, 0.5) is 0 Å². The predicted molar refractivity (Wildman–Crippen MR) is 132 cm³/mol. The Hall–Kier alpha value is -1.54. The van der Waals surface area contributed by atoms with E-state index in [1.165, 1.54) is 6.42 Å². The molecule has 0 aromatic rings. The molecule has 1 N–H and O–H groups in total. The van der Waals surface area contributed by atoms with Crippen LogP contribution in [0.2, 0.25) is 0 Å². The van der Waals surface area contributed by atoms with Gasteiger partial charge in [-0.2, -0.15) is 0 Å². The smallest absolute Gasteiger partial charge is 0.310 e. The number of esters is 1. The number of likely N-dealkylation sites (tertiary alicyclic amines) is 1. The topological polar surface area (TPSA) is 87.2 Å². The summed E-state index contributed by atoms with van der Waals surface area (Å²) in [6.07, 6.45) is 11.1. The Labute approximate surface area is 207 Å². The first kappa shape index (κ1) is 25.5. The monoisotopic (exact) mass is 492 g/mol. The first-order chi connectivity index (χ1) is 16.5. The fourth-order valence-electron chi connectivity index (χ4n) is 6.86. The molecule has 1 aliphatic carbocycles. The highest BCUT2D eigenvalue weighted by Gasteiger charge is 2.74. The molecule has 0 aromatic carbocycles. The second-order valence-corrected chi connectivity index (χ2v) is 11.8. The van der Waals surface area contributed by atoms with Gasteiger partial charge in [0.25, 0.3) is 0 Å². The van der Waals surface area contributed by atoms with Crippen molar-refractivity contribution in [3.63, 3.8) is 0 Å². The summed E-state index contributed by atoms with van der Waals surface area (Å²) in [5, 5.41) is 9.23. The van der Waals surface area contributed by atoms with Crippen LogP contribution < -0.4 is 0 Å². The molecule has 7 nitrogen and oxygen atoms in total. The molecule has 1 spiro atoms. The summed E-state index contributed by atoms with van der Waals surface area (Å²) in [7, 11) is 0. The Morgan fingerprint density at radius 2 is 2.00 bits per heavy atom. The Kier molecular flexibility index (Phi) is 8.28. The first-order valence-electron chi connectivity index (χ1n) is 13.2. The Morgan fingerprint density at radius 1 is 1.24 bits per heavy atom. The van der Waals surface area contributed by atoms with Gasteiger partial charge in [-0.3, -0.25) is 14.4 Å². The van der Waals surface area contributed by atoms with Gasteiger partial charge in [0.1, 0.15) is 6.04 Å². The number of amides is 2. The van der Waals surface area contributed by atoms with Crippen molar-refractivity contribution in [2.24, 2.45) is 11.8 Å². The van der Waals surface area contributed by atoms with Crippen LogP contribution in [0.25, 0.3) is 0 Å². The van der Waals surface area contributed by atoms with E-state index in [1.54, 1.807) is 29.7 Å². The molecule has 0 radical (unpaired) electrons. The van der Waals surface area contributed by atoms with Gasteiger partial charge in [-0.05, 0) is 51.9 Å². The van der Waals surface area contributed by atoms with E-state index in [-0.39, 0.29) is 35.7 Å². The van der Waals surface area contributed by atoms with Crippen LogP contribution in [0.15, 0.2) is 12.7 Å². The van der Waals surface area contributed by atoms with Gasteiger partial charge in [0, 0.05) is 31.0 Å². The van der Waals surface area contributed by atoms with E-state index in [9.17, 15) is 19.5 Å². The molecule has 190 valence electrons. The maximum absolute atomic E-state index is 14.3. The summed E-state index contributed by atoms with van der Waals surface area (Å²) in [5.74, 6) is -1.27. The normalized spacial score (nSPS) is 32.6. The molecule has 3 heterocycles. The minimum atomic E-state index is -0.554. The van der Waals surface area contributed by atoms with Crippen molar-refractivity contribution >= 4 is 29.5 Å². The molecular formula is C26H40N2O5S. The molecule has 4 rings (SSSR count). The van der Waals surface area contributed by atoms with E-state index in [0.717, 1.165) is 51.4 Å². The average Bonchev–Trinajstić information content (AvgIpc) is 3.48. The second-order valence-electron chi connectivity index (χ2n) is 10.2. The number of hydrogen-bond acceptors (Lipinski definition) is 6. The molecule has 3 aliphatic heterocycles. The Balaban J connectivity index is 1.66. The van der Waals surface area contributed by atoms with Crippen molar-refractivity contribution in [3.05, 3.63) is 12.7 Å². The van der Waals surface area contributed by atoms with Crippen molar-refractivity contribution in [2.45, 2.75) is 93.2 Å². The predicted octanol–water partition coefficient (Wildman–Crippen LogP) is 3.15. The summed E-state index contributed by atoms with van der Waals surface area (Å²) >= 11 is 1.70. The number of carbonyl (C=O) groups is 3. The van der Waals surface area contributed by atoms with Crippen molar-refractivity contribution < 1.29 is 24.2 Å². The van der Waals surface area contributed by atoms with Crippen LogP contribution in [0, 0.1) is 11.8 Å². The molecule has 4 aliphatic rings. The van der Waals surface area contributed by atoms with Gasteiger partial charge in [-0.1, -0.05) is 25.3 Å². The van der Waals surface area contributed by atoms with E-state index in [1.807, 2.05) is 4.90 Å². The van der Waals surface area contributed by atoms with Crippen LogP contribution in [-0.4, -0.2) is 81.1 Å². The summed E-state index contributed by atoms with van der Waals surface area (Å²) in [6, 6.07) is -0.360. The first-order valence-corrected chi connectivity index (χ1v) is 14.0. The summed E-state index contributed by atoms with van der Waals surface area (Å²) in [4.78, 5) is 44.9. The van der Waals surface area contributed by atoms with Gasteiger partial charge in [0.2, 0.25) is 11.8 Å². The lowest BCUT2D eigenvalue weighted by atomic mass is 9.71. The maximum atomic E-state index is 14.3. The maximum Gasteiger partial charge on any atom is 0.310 e. The second kappa shape index (κ2) is 11.0. The number of hydrogen-bond donors (Lipinski definition) is 1. The van der Waals surface area contributed by atoms with E-state index < -0.39 is 22.6 Å². The molecule has 4 fully saturated rings. The minimum Gasteiger partial charge on any atom is -0.466 e. The molecule has 2 amide bonds. The highest BCUT2D eigenvalue weighted by Crippen LogP contribution is 2.66. The molecular weight excluding hydrogens is 452 g/mol. The SMILES string of the molecule is C=CCN(C(=O)C1N(CCCCCO)C(=O)[C@@H]2[C@@H](C(=O)OCC)[C@H]3CCC12S3)C1CCCCC1. The van der Waals surface area contributed by atoms with Crippen molar-refractivity contribution in [3.8, 4) is 0 Å². The number of unbranched alkanes of at least 4 members (excludes halogenated alkanes) is 2. The molecule has 0 aromatic heterocycles. The lowest BCUT2D eigenvalue weighted by Gasteiger charge is -2.41. The molecule has 2 bridgehead atoms. The zero-order chi connectivity index (χ0) is 24.3. The van der Waals surface area contributed by atoms with Crippen LogP contribution >= 0.6 is 11.8 Å². The zero-order valence-electron chi connectivity index (χ0n) is 20.5. The van der Waals surface area contributed by atoms with Gasteiger partial charge in [-0.25, -0.2) is 0 Å². The molecule has 2 unspecified atom stereocenters. The highest BCUT2D eigenvalue weighted by atomic mass is 32.2. The average molecular weight is 493 g/mol. The van der Waals surface area contributed by atoms with Gasteiger partial charge in [0.05, 0.1) is 23.2 Å². The third kappa shape index (κ3) is 4.41. The number of aliphatic hydroxyl groups excluding tert-OH is 1. The lowest BCUT2D eigenvalue weighted by molar-refractivity contribution is -0.153. The number of thioether (sulfide) groups is 1. The standard InChI is InChI=1S/C26H40N2O5S/c1-3-15-27(18-11-7-5-8-12-18)24(31)22-26-14-13-19(34-26)20(25(32)33-4-2)21(26)23(30)28(22)16-9-6-10-17-29/h3,18-22,29H,1,4-17H2,2H3/t19-,20+,21+,22?,26?/m1/s1. The molecule has 8 heteroatoms. The summed E-state index contributed by atoms with van der Waals surface area (Å²) in [6.45, 7) is 7.10. The van der Waals surface area contributed by atoms with E-state index >= 15 is 0 Å².